The maximum Gasteiger partial charge on any atom is 0.232 e. The van der Waals surface area contributed by atoms with Crippen LogP contribution in [0, 0.1) is 5.82 Å². The summed E-state index contributed by atoms with van der Waals surface area (Å²) in [5, 5.41) is 10.1. The van der Waals surface area contributed by atoms with Gasteiger partial charge in [0.25, 0.3) is 0 Å². The van der Waals surface area contributed by atoms with E-state index in [1.54, 1.807) is 48.1 Å². The van der Waals surface area contributed by atoms with Gasteiger partial charge in [-0.1, -0.05) is 18.2 Å². The molecule has 1 saturated heterocycles. The lowest BCUT2D eigenvalue weighted by Crippen LogP contribution is -2.19. The number of nitrogens with zero attached hydrogens (tertiary/aromatic N) is 5. The molecule has 4 heterocycles. The lowest BCUT2D eigenvalue weighted by molar-refractivity contribution is 0.0662. The van der Waals surface area contributed by atoms with Crippen LogP contribution in [-0.2, 0) is 21.8 Å². The Balaban J connectivity index is 1.42. The van der Waals surface area contributed by atoms with Crippen molar-refractivity contribution in [2.45, 2.75) is 38.8 Å². The maximum atomic E-state index is 13.5. The van der Waals surface area contributed by atoms with Gasteiger partial charge in [0, 0.05) is 49.3 Å². The van der Waals surface area contributed by atoms with Gasteiger partial charge >= 0.3 is 0 Å². The minimum atomic E-state index is -3.60. The number of pyridine rings is 1. The van der Waals surface area contributed by atoms with E-state index in [0.29, 0.717) is 35.7 Å². The number of sulfonamides is 1. The smallest absolute Gasteiger partial charge is 0.232 e. The summed E-state index contributed by atoms with van der Waals surface area (Å²) in [6.45, 7) is 4.79. The van der Waals surface area contributed by atoms with Crippen molar-refractivity contribution < 1.29 is 22.3 Å². The molecule has 230 valence electrons. The number of rotatable bonds is 9. The molecular weight excluding hydrogens is 585 g/mol. The van der Waals surface area contributed by atoms with Crippen LogP contribution in [0.2, 0.25) is 0 Å². The Labute approximate surface area is 254 Å². The molecule has 5 aromatic rings. The van der Waals surface area contributed by atoms with Gasteiger partial charge in [0.05, 0.1) is 34.6 Å². The second-order valence-corrected chi connectivity index (χ2v) is 12.8. The number of hydrogen-bond donors (Lipinski definition) is 2. The summed E-state index contributed by atoms with van der Waals surface area (Å²) in [5.41, 5.74) is 11.2. The molecule has 6 rings (SSSR count). The summed E-state index contributed by atoms with van der Waals surface area (Å²) in [6.07, 6.45) is 6.87. The van der Waals surface area contributed by atoms with Crippen LogP contribution >= 0.6 is 0 Å². The van der Waals surface area contributed by atoms with Crippen molar-refractivity contribution in [2.24, 2.45) is 7.05 Å². The van der Waals surface area contributed by atoms with Crippen LogP contribution in [0.1, 0.15) is 44.4 Å². The van der Waals surface area contributed by atoms with E-state index in [9.17, 15) is 12.8 Å². The van der Waals surface area contributed by atoms with E-state index in [2.05, 4.69) is 14.8 Å². The molecular formula is C31H34FN7O4S. The second kappa shape index (κ2) is 11.9. The van der Waals surface area contributed by atoms with Crippen LogP contribution < -0.4 is 15.2 Å². The van der Waals surface area contributed by atoms with Crippen molar-refractivity contribution in [2.75, 3.05) is 29.4 Å². The first-order chi connectivity index (χ1) is 21.1. The molecule has 13 heteroatoms. The Morgan fingerprint density at radius 2 is 1.89 bits per heavy atom. The number of nitrogen functional groups attached to an aromatic ring is 1. The number of hydrogen-bond acceptors (Lipinski definition) is 8. The number of aryl methyl sites for hydroxylation is 1. The molecule has 0 radical (unpaired) electrons. The quantitative estimate of drug-likeness (QED) is 0.221. The highest BCUT2D eigenvalue weighted by Crippen LogP contribution is 2.40. The Hall–Kier alpha value is -4.49. The molecule has 3 aromatic heterocycles. The van der Waals surface area contributed by atoms with Crippen LogP contribution in [0.4, 0.5) is 15.9 Å². The summed E-state index contributed by atoms with van der Waals surface area (Å²) >= 11 is 0. The van der Waals surface area contributed by atoms with Gasteiger partial charge in [0.15, 0.2) is 0 Å². The van der Waals surface area contributed by atoms with Gasteiger partial charge in [-0.3, -0.25) is 14.1 Å². The van der Waals surface area contributed by atoms with E-state index < -0.39 is 16.1 Å². The number of nitrogens with two attached hydrogens (primary N) is 1. The van der Waals surface area contributed by atoms with Crippen molar-refractivity contribution in [1.82, 2.24) is 24.5 Å². The number of fused-ring (bicyclic) bond motifs is 1. The fourth-order valence-corrected chi connectivity index (χ4v) is 6.11. The van der Waals surface area contributed by atoms with E-state index >= 15 is 0 Å². The van der Waals surface area contributed by atoms with Crippen LogP contribution in [0.15, 0.2) is 61.1 Å². The zero-order chi connectivity index (χ0) is 31.0. The van der Waals surface area contributed by atoms with Crippen LogP contribution in [0.3, 0.4) is 0 Å². The predicted octanol–water partition coefficient (Wildman–Crippen LogP) is 5.47. The van der Waals surface area contributed by atoms with Crippen molar-refractivity contribution >= 4 is 32.4 Å². The van der Waals surface area contributed by atoms with Gasteiger partial charge in [0.1, 0.15) is 29.2 Å². The third-order valence-electron chi connectivity index (χ3n) is 7.91. The number of anilines is 2. The van der Waals surface area contributed by atoms with Gasteiger partial charge in [-0.2, -0.15) is 10.2 Å². The van der Waals surface area contributed by atoms with Crippen molar-refractivity contribution in [3.8, 4) is 28.1 Å². The van der Waals surface area contributed by atoms with Gasteiger partial charge < -0.3 is 15.2 Å². The fourth-order valence-electron chi connectivity index (χ4n) is 5.46. The van der Waals surface area contributed by atoms with Crippen LogP contribution in [0.5, 0.6) is 5.75 Å². The standard InChI is InChI=1S/C31H34FN7O4S/c1-4-44(40,41)37-26-10-7-21(15-27(26)43-19(2)20-5-8-23(32)9-6-20)29-28-30(38(3)36-29)25(17-34-31(28)33)22-16-35-39(18-22)24-11-13-42-14-12-24/h5-10,15-19,24,37H,4,11-14H2,1-3H3,(H2,33,34)/t19-/m0/s1. The highest BCUT2D eigenvalue weighted by atomic mass is 32.2. The lowest BCUT2D eigenvalue weighted by atomic mass is 10.0. The first-order valence-electron chi connectivity index (χ1n) is 14.4. The average Bonchev–Trinajstić information content (AvgIpc) is 3.65. The third-order valence-corrected chi connectivity index (χ3v) is 9.20. The Bertz CT molecular complexity index is 1920. The van der Waals surface area contributed by atoms with E-state index in [-0.39, 0.29) is 29.0 Å². The van der Waals surface area contributed by atoms with Gasteiger partial charge in [-0.15, -0.1) is 0 Å². The van der Waals surface area contributed by atoms with Crippen molar-refractivity contribution in [1.29, 1.82) is 0 Å². The average molecular weight is 620 g/mol. The highest BCUT2D eigenvalue weighted by Gasteiger charge is 2.23. The maximum absolute atomic E-state index is 13.5. The summed E-state index contributed by atoms with van der Waals surface area (Å²) < 4.78 is 56.7. The molecule has 0 spiro atoms. The molecule has 0 saturated carbocycles. The summed E-state index contributed by atoms with van der Waals surface area (Å²) in [4.78, 5) is 4.51. The second-order valence-electron chi connectivity index (χ2n) is 10.8. The summed E-state index contributed by atoms with van der Waals surface area (Å²) in [5.74, 6) is 0.128. The Kier molecular flexibility index (Phi) is 7.99. The fraction of sp³-hybridized carbons (Fsp3) is 0.323. The summed E-state index contributed by atoms with van der Waals surface area (Å²) in [6, 6.07) is 11.4. The number of nitrogens with one attached hydrogen (secondary N) is 1. The molecule has 0 unspecified atom stereocenters. The van der Waals surface area contributed by atoms with E-state index in [4.69, 9.17) is 20.3 Å². The summed E-state index contributed by atoms with van der Waals surface area (Å²) in [7, 11) is -1.76. The minimum absolute atomic E-state index is 0.108. The topological polar surface area (TPSA) is 139 Å². The SMILES string of the molecule is CCS(=O)(=O)Nc1ccc(-c2nn(C)c3c(-c4cnn(C5CCOCC5)c4)cnc(N)c23)cc1O[C@@H](C)c1ccc(F)cc1. The molecule has 0 bridgehead atoms. The third kappa shape index (κ3) is 5.84. The molecule has 1 atom stereocenters. The zero-order valence-corrected chi connectivity index (χ0v) is 25.5. The molecule has 1 aliphatic heterocycles. The molecule has 44 heavy (non-hydrogen) atoms. The van der Waals surface area contributed by atoms with E-state index in [1.165, 1.54) is 12.1 Å². The lowest BCUT2D eigenvalue weighted by Gasteiger charge is -2.22. The van der Waals surface area contributed by atoms with Gasteiger partial charge in [0.2, 0.25) is 10.0 Å². The molecule has 1 fully saturated rings. The Morgan fingerprint density at radius 3 is 2.61 bits per heavy atom. The molecule has 0 aliphatic carbocycles. The monoisotopic (exact) mass is 619 g/mol. The van der Waals surface area contributed by atoms with Crippen LogP contribution in [0.25, 0.3) is 33.3 Å². The Morgan fingerprint density at radius 1 is 1.14 bits per heavy atom. The molecule has 11 nitrogen and oxygen atoms in total. The first-order valence-corrected chi connectivity index (χ1v) is 16.1. The predicted molar refractivity (Wildman–Crippen MR) is 167 cm³/mol. The van der Waals surface area contributed by atoms with E-state index in [1.807, 2.05) is 31.0 Å². The first kappa shape index (κ1) is 29.6. The van der Waals surface area contributed by atoms with Crippen LogP contribution in [-0.4, -0.2) is 51.9 Å². The van der Waals surface area contributed by atoms with Crippen molar-refractivity contribution in [3.63, 3.8) is 0 Å². The minimum Gasteiger partial charge on any atom is -0.484 e. The van der Waals surface area contributed by atoms with E-state index in [0.717, 1.165) is 35.0 Å². The number of halogens is 1. The van der Waals surface area contributed by atoms with Gasteiger partial charge in [-0.25, -0.2) is 17.8 Å². The van der Waals surface area contributed by atoms with Crippen molar-refractivity contribution in [3.05, 3.63) is 72.4 Å². The number of aromatic nitrogens is 5. The highest BCUT2D eigenvalue weighted by molar-refractivity contribution is 7.92. The molecule has 0 amide bonds. The number of ether oxygens (including phenoxy) is 2. The zero-order valence-electron chi connectivity index (χ0n) is 24.7. The molecule has 1 aliphatic rings. The van der Waals surface area contributed by atoms with Gasteiger partial charge in [-0.05, 0) is 56.5 Å². The number of benzene rings is 2. The normalized spacial score (nSPS) is 15.0. The largest absolute Gasteiger partial charge is 0.484 e. The molecule has 2 aromatic carbocycles. The molecule has 3 N–H and O–H groups in total.